The predicted molar refractivity (Wildman–Crippen MR) is 132 cm³/mol. The molecule has 0 saturated heterocycles. The van der Waals surface area contributed by atoms with Crippen molar-refractivity contribution < 1.29 is 19.4 Å². The zero-order valence-electron chi connectivity index (χ0n) is 21.1. The number of hydrogen-bond acceptors (Lipinski definition) is 7. The molecule has 4 heterocycles. The normalized spacial score (nSPS) is 18.9. The first kappa shape index (κ1) is 23.5. The maximum atomic E-state index is 13.6. The maximum absolute atomic E-state index is 13.6. The number of rotatable bonds is 4. The summed E-state index contributed by atoms with van der Waals surface area (Å²) in [7, 11) is 4.01. The van der Waals surface area contributed by atoms with Crippen molar-refractivity contribution in [3.8, 4) is 11.4 Å². The van der Waals surface area contributed by atoms with Gasteiger partial charge in [-0.15, -0.1) is 0 Å². The van der Waals surface area contributed by atoms with E-state index in [0.717, 1.165) is 27.9 Å². The number of ether oxygens (including phenoxy) is 2. The number of esters is 1. The molecule has 8 heteroatoms. The third-order valence-electron chi connectivity index (χ3n) is 6.63. The maximum Gasteiger partial charge on any atom is 0.343 e. The van der Waals surface area contributed by atoms with Crippen LogP contribution in [0.5, 0.6) is 5.75 Å². The van der Waals surface area contributed by atoms with Crippen molar-refractivity contribution in [2.45, 2.75) is 64.9 Å². The number of fused-ring (bicyclic) bond motifs is 5. The minimum Gasteiger partial charge on any atom is -0.488 e. The Labute approximate surface area is 204 Å². The molecular formula is C27H31N3O5. The molecular weight excluding hydrogens is 446 g/mol. The summed E-state index contributed by atoms with van der Waals surface area (Å²) < 4.78 is 13.1. The quantitative estimate of drug-likeness (QED) is 0.451. The number of carbonyl (C=O) groups is 1. The van der Waals surface area contributed by atoms with E-state index in [2.05, 4.69) is 4.90 Å². The summed E-state index contributed by atoms with van der Waals surface area (Å²) >= 11 is 0. The molecule has 1 atom stereocenters. The van der Waals surface area contributed by atoms with Gasteiger partial charge in [0.15, 0.2) is 5.60 Å². The average molecular weight is 478 g/mol. The molecule has 0 amide bonds. The van der Waals surface area contributed by atoms with Crippen molar-refractivity contribution in [2.75, 3.05) is 14.1 Å². The van der Waals surface area contributed by atoms with Crippen LogP contribution in [0.4, 0.5) is 0 Å². The molecule has 0 unspecified atom stereocenters. The molecule has 0 fully saturated rings. The Kier molecular flexibility index (Phi) is 5.30. The van der Waals surface area contributed by atoms with Gasteiger partial charge in [0.2, 0.25) is 0 Å². The summed E-state index contributed by atoms with van der Waals surface area (Å²) in [6, 6.07) is 7.69. The van der Waals surface area contributed by atoms with E-state index in [1.165, 1.54) is 0 Å². The Morgan fingerprint density at radius 1 is 1.23 bits per heavy atom. The second kappa shape index (κ2) is 7.90. The lowest BCUT2D eigenvalue weighted by atomic mass is 9.86. The van der Waals surface area contributed by atoms with Gasteiger partial charge in [0.1, 0.15) is 18.0 Å². The molecule has 0 bridgehead atoms. The van der Waals surface area contributed by atoms with Crippen LogP contribution in [-0.4, -0.2) is 45.2 Å². The standard InChI is InChI=1S/C27H31N3O5/c1-7-27(33)19-10-15-11-21-22(30(15)24(31)18(19)14-34-25(27)32)12-16-17(13-29(5)6)23(35-26(2,3)4)9-8-20(16)28-21/h8-10,12,33H,7,11,13-14H2,1-6H3/t27-/m0/s1. The van der Waals surface area contributed by atoms with E-state index in [4.69, 9.17) is 14.5 Å². The topological polar surface area (TPSA) is 93.9 Å². The van der Waals surface area contributed by atoms with Gasteiger partial charge in [-0.05, 0) is 65.6 Å². The zero-order chi connectivity index (χ0) is 25.3. The lowest BCUT2D eigenvalue weighted by Crippen LogP contribution is -2.44. The number of carbonyl (C=O) groups excluding carboxylic acids is 1. The molecule has 1 N–H and O–H groups in total. The SMILES string of the molecule is CC[C@@]1(O)C(=O)OCc2c1cc1n(c2=O)-c2cc3c(CN(C)C)c(OC(C)(C)C)ccc3nc2C1. The molecule has 2 aliphatic rings. The number of pyridine rings is 2. The Morgan fingerprint density at radius 3 is 2.63 bits per heavy atom. The van der Waals surface area contributed by atoms with E-state index in [9.17, 15) is 14.7 Å². The fourth-order valence-electron chi connectivity index (χ4n) is 5.02. The van der Waals surface area contributed by atoms with Gasteiger partial charge < -0.3 is 19.5 Å². The molecule has 35 heavy (non-hydrogen) atoms. The molecule has 0 aliphatic carbocycles. The van der Waals surface area contributed by atoms with Crippen LogP contribution in [0.25, 0.3) is 16.6 Å². The molecule has 0 radical (unpaired) electrons. The highest BCUT2D eigenvalue weighted by atomic mass is 16.6. The third kappa shape index (κ3) is 3.72. The second-order valence-corrected chi connectivity index (χ2v) is 10.7. The van der Waals surface area contributed by atoms with E-state index in [0.29, 0.717) is 35.5 Å². The van der Waals surface area contributed by atoms with Gasteiger partial charge in [-0.3, -0.25) is 14.3 Å². The number of cyclic esters (lactones) is 1. The van der Waals surface area contributed by atoms with Crippen LogP contribution in [0, 0.1) is 0 Å². The summed E-state index contributed by atoms with van der Waals surface area (Å²) in [6.45, 7) is 8.24. The van der Waals surface area contributed by atoms with Gasteiger partial charge >= 0.3 is 5.97 Å². The van der Waals surface area contributed by atoms with Crippen LogP contribution in [-0.2, 0) is 34.7 Å². The van der Waals surface area contributed by atoms with E-state index in [1.807, 2.05) is 53.1 Å². The van der Waals surface area contributed by atoms with Gasteiger partial charge in [-0.25, -0.2) is 4.79 Å². The molecule has 0 spiro atoms. The summed E-state index contributed by atoms with van der Waals surface area (Å²) in [5.41, 5.74) is 2.23. The monoisotopic (exact) mass is 477 g/mol. The molecule has 1 aromatic carbocycles. The zero-order valence-corrected chi connectivity index (χ0v) is 21.1. The Morgan fingerprint density at radius 2 is 1.97 bits per heavy atom. The highest BCUT2D eigenvalue weighted by Gasteiger charge is 2.45. The van der Waals surface area contributed by atoms with Crippen molar-refractivity contribution in [3.05, 3.63) is 62.7 Å². The van der Waals surface area contributed by atoms with Crippen molar-refractivity contribution in [3.63, 3.8) is 0 Å². The average Bonchev–Trinajstić information content (AvgIpc) is 3.13. The van der Waals surface area contributed by atoms with E-state index >= 15 is 0 Å². The van der Waals surface area contributed by atoms with E-state index in [-0.39, 0.29) is 24.2 Å². The lowest BCUT2D eigenvalue weighted by molar-refractivity contribution is -0.172. The molecule has 0 saturated carbocycles. The highest BCUT2D eigenvalue weighted by Crippen LogP contribution is 2.38. The van der Waals surface area contributed by atoms with Crippen LogP contribution in [0.15, 0.2) is 29.1 Å². The van der Waals surface area contributed by atoms with Gasteiger partial charge in [0.25, 0.3) is 5.56 Å². The smallest absolute Gasteiger partial charge is 0.343 e. The Hall–Kier alpha value is -3.23. The van der Waals surface area contributed by atoms with Gasteiger partial charge in [-0.2, -0.15) is 0 Å². The van der Waals surface area contributed by atoms with Crippen LogP contribution >= 0.6 is 0 Å². The summed E-state index contributed by atoms with van der Waals surface area (Å²) in [4.78, 5) is 33.0. The number of benzene rings is 1. The second-order valence-electron chi connectivity index (χ2n) is 10.7. The summed E-state index contributed by atoms with van der Waals surface area (Å²) in [5, 5.41) is 11.9. The van der Waals surface area contributed by atoms with E-state index < -0.39 is 11.6 Å². The van der Waals surface area contributed by atoms with Gasteiger partial charge in [-0.1, -0.05) is 6.92 Å². The third-order valence-corrected chi connectivity index (χ3v) is 6.63. The van der Waals surface area contributed by atoms with Crippen LogP contribution in [0.2, 0.25) is 0 Å². The first-order valence-corrected chi connectivity index (χ1v) is 11.9. The predicted octanol–water partition coefficient (Wildman–Crippen LogP) is 3.18. The Balaban J connectivity index is 1.74. The first-order valence-electron chi connectivity index (χ1n) is 11.9. The largest absolute Gasteiger partial charge is 0.488 e. The fourth-order valence-corrected chi connectivity index (χ4v) is 5.02. The van der Waals surface area contributed by atoms with E-state index in [1.54, 1.807) is 17.6 Å². The van der Waals surface area contributed by atoms with Crippen LogP contribution in [0.1, 0.15) is 62.2 Å². The number of hydrogen-bond donors (Lipinski definition) is 1. The summed E-state index contributed by atoms with van der Waals surface area (Å²) in [6.07, 6.45) is 0.563. The fraction of sp³-hybridized carbons (Fsp3) is 0.444. The number of nitrogens with zero attached hydrogens (tertiary/aromatic N) is 3. The van der Waals surface area contributed by atoms with Gasteiger partial charge in [0, 0.05) is 35.2 Å². The molecule has 3 aromatic rings. The Bertz CT molecular complexity index is 1430. The van der Waals surface area contributed by atoms with Crippen molar-refractivity contribution in [1.29, 1.82) is 0 Å². The molecule has 2 aromatic heterocycles. The molecule has 5 rings (SSSR count). The van der Waals surface area contributed by atoms with Crippen molar-refractivity contribution >= 4 is 16.9 Å². The van der Waals surface area contributed by atoms with Crippen molar-refractivity contribution in [2.24, 2.45) is 0 Å². The molecule has 184 valence electrons. The minimum absolute atomic E-state index is 0.126. The summed E-state index contributed by atoms with van der Waals surface area (Å²) in [5.74, 6) is 0.0762. The molecule has 8 nitrogen and oxygen atoms in total. The van der Waals surface area contributed by atoms with Crippen molar-refractivity contribution in [1.82, 2.24) is 14.5 Å². The first-order chi connectivity index (χ1) is 16.4. The number of aromatic nitrogens is 2. The minimum atomic E-state index is -1.81. The lowest BCUT2D eigenvalue weighted by Gasteiger charge is -2.31. The number of aliphatic hydroxyl groups is 1. The van der Waals surface area contributed by atoms with Gasteiger partial charge in [0.05, 0.1) is 22.5 Å². The molecule has 2 aliphatic heterocycles. The van der Waals surface area contributed by atoms with Crippen LogP contribution < -0.4 is 10.3 Å². The highest BCUT2D eigenvalue weighted by molar-refractivity contribution is 5.87. The van der Waals surface area contributed by atoms with Crippen LogP contribution in [0.3, 0.4) is 0 Å².